The number of rotatable bonds is 5. The van der Waals surface area contributed by atoms with E-state index >= 15 is 0 Å². The van der Waals surface area contributed by atoms with E-state index in [1.165, 1.54) is 0 Å². The van der Waals surface area contributed by atoms with E-state index in [9.17, 15) is 4.79 Å². The van der Waals surface area contributed by atoms with E-state index in [0.717, 1.165) is 16.5 Å². The molecule has 96 valence electrons. The van der Waals surface area contributed by atoms with Crippen LogP contribution in [0.5, 0.6) is 0 Å². The van der Waals surface area contributed by atoms with E-state index in [-0.39, 0.29) is 12.0 Å². The number of aliphatic carboxylic acids is 1. The average Bonchev–Trinajstić information content (AvgIpc) is 2.72. The van der Waals surface area contributed by atoms with Gasteiger partial charge in [0, 0.05) is 22.9 Å². The van der Waals surface area contributed by atoms with Crippen molar-refractivity contribution in [3.8, 4) is 0 Å². The number of furan rings is 1. The molecule has 4 nitrogen and oxygen atoms in total. The Morgan fingerprint density at radius 3 is 2.83 bits per heavy atom. The van der Waals surface area contributed by atoms with Gasteiger partial charge in [0.1, 0.15) is 5.58 Å². The molecule has 1 aromatic heterocycles. The summed E-state index contributed by atoms with van der Waals surface area (Å²) >= 11 is 0. The molecule has 0 aliphatic carbocycles. The summed E-state index contributed by atoms with van der Waals surface area (Å²) < 4.78 is 5.52. The minimum atomic E-state index is -0.845. The third kappa shape index (κ3) is 2.54. The minimum absolute atomic E-state index is 0.0286. The number of para-hydroxylation sites is 1. The maximum absolute atomic E-state index is 10.5. The summed E-state index contributed by atoms with van der Waals surface area (Å²) in [5.74, 6) is -0.845. The van der Waals surface area contributed by atoms with Crippen molar-refractivity contribution in [2.75, 3.05) is 13.1 Å². The number of hydrogen-bond donors (Lipinski definition) is 2. The lowest BCUT2D eigenvalue weighted by Crippen LogP contribution is -2.35. The number of carboxylic acid groups (broad SMARTS) is 1. The van der Waals surface area contributed by atoms with Gasteiger partial charge in [-0.3, -0.25) is 4.79 Å². The zero-order valence-corrected chi connectivity index (χ0v) is 10.6. The second kappa shape index (κ2) is 4.82. The van der Waals surface area contributed by atoms with Crippen LogP contribution in [0.4, 0.5) is 0 Å². The highest BCUT2D eigenvalue weighted by molar-refractivity contribution is 5.82. The summed E-state index contributed by atoms with van der Waals surface area (Å²) in [7, 11) is 0. The Morgan fingerprint density at radius 1 is 1.39 bits per heavy atom. The quantitative estimate of drug-likeness (QED) is 0.851. The first-order valence-electron chi connectivity index (χ1n) is 5.90. The maximum atomic E-state index is 10.5. The Hall–Kier alpha value is -1.81. The lowest BCUT2D eigenvalue weighted by Gasteiger charge is -2.23. The molecule has 0 aliphatic heterocycles. The van der Waals surface area contributed by atoms with Crippen molar-refractivity contribution < 1.29 is 14.3 Å². The second-order valence-corrected chi connectivity index (χ2v) is 5.03. The molecule has 2 aromatic rings. The molecule has 0 saturated carbocycles. The van der Waals surface area contributed by atoms with Gasteiger partial charge in [-0.2, -0.15) is 0 Å². The molecule has 0 fully saturated rings. The highest BCUT2D eigenvalue weighted by Crippen LogP contribution is 2.31. The fraction of sp³-hybridized carbons (Fsp3) is 0.357. The molecule has 0 spiro atoms. The van der Waals surface area contributed by atoms with Gasteiger partial charge in [-0.25, -0.2) is 0 Å². The summed E-state index contributed by atoms with van der Waals surface area (Å²) in [4.78, 5) is 10.5. The fourth-order valence-corrected chi connectivity index (χ4v) is 2.08. The Morgan fingerprint density at radius 2 is 2.11 bits per heavy atom. The molecule has 0 atom stereocenters. The van der Waals surface area contributed by atoms with Crippen molar-refractivity contribution in [1.82, 2.24) is 5.32 Å². The van der Waals surface area contributed by atoms with Crippen LogP contribution in [0.1, 0.15) is 19.4 Å². The third-order valence-corrected chi connectivity index (χ3v) is 3.05. The number of carboxylic acids is 1. The molecule has 4 heteroatoms. The van der Waals surface area contributed by atoms with Gasteiger partial charge >= 0.3 is 5.97 Å². The van der Waals surface area contributed by atoms with Crippen LogP contribution in [-0.4, -0.2) is 24.2 Å². The van der Waals surface area contributed by atoms with Gasteiger partial charge in [0.25, 0.3) is 0 Å². The van der Waals surface area contributed by atoms with Gasteiger partial charge in [-0.1, -0.05) is 32.0 Å². The second-order valence-electron chi connectivity index (χ2n) is 5.03. The van der Waals surface area contributed by atoms with Crippen LogP contribution in [-0.2, 0) is 10.2 Å². The van der Waals surface area contributed by atoms with Crippen LogP contribution in [0.2, 0.25) is 0 Å². The first-order valence-corrected chi connectivity index (χ1v) is 5.90. The normalized spacial score (nSPS) is 11.9. The molecular formula is C14H17NO3. The van der Waals surface area contributed by atoms with Crippen LogP contribution >= 0.6 is 0 Å². The van der Waals surface area contributed by atoms with Crippen LogP contribution in [0.25, 0.3) is 11.0 Å². The van der Waals surface area contributed by atoms with Gasteiger partial charge in [0.15, 0.2) is 0 Å². The largest absolute Gasteiger partial charge is 0.480 e. The predicted octanol–water partition coefficient (Wildman–Crippen LogP) is 2.38. The first-order chi connectivity index (χ1) is 8.50. The van der Waals surface area contributed by atoms with Crippen molar-refractivity contribution >= 4 is 16.9 Å². The molecule has 0 radical (unpaired) electrons. The Kier molecular flexibility index (Phi) is 3.39. The molecular weight excluding hydrogens is 230 g/mol. The van der Waals surface area contributed by atoms with E-state index in [1.807, 2.05) is 24.3 Å². The van der Waals surface area contributed by atoms with Gasteiger partial charge < -0.3 is 14.8 Å². The van der Waals surface area contributed by atoms with Crippen molar-refractivity contribution in [2.45, 2.75) is 19.3 Å². The molecule has 0 bridgehead atoms. The smallest absolute Gasteiger partial charge is 0.317 e. The Bertz CT molecular complexity index is 557. The average molecular weight is 247 g/mol. The van der Waals surface area contributed by atoms with Gasteiger partial charge in [-0.15, -0.1) is 0 Å². The summed E-state index contributed by atoms with van der Waals surface area (Å²) in [6.07, 6.45) is 1.76. The molecule has 1 aromatic carbocycles. The van der Waals surface area contributed by atoms with Crippen molar-refractivity contribution in [3.63, 3.8) is 0 Å². The number of benzene rings is 1. The molecule has 18 heavy (non-hydrogen) atoms. The molecule has 2 N–H and O–H groups in total. The minimum Gasteiger partial charge on any atom is -0.480 e. The first kappa shape index (κ1) is 12.6. The van der Waals surface area contributed by atoms with Crippen LogP contribution in [0, 0.1) is 0 Å². The van der Waals surface area contributed by atoms with Gasteiger partial charge in [-0.05, 0) is 6.07 Å². The number of nitrogens with one attached hydrogen (secondary N) is 1. The SMILES string of the molecule is CC(C)(CNCC(=O)O)c1coc2ccccc12. The maximum Gasteiger partial charge on any atom is 0.317 e. The standard InChI is InChI=1S/C14H17NO3/c1-14(2,9-15-7-13(16)17)11-8-18-12-6-4-3-5-10(11)12/h3-6,8,15H,7,9H2,1-2H3,(H,16,17). The summed E-state index contributed by atoms with van der Waals surface area (Å²) in [5.41, 5.74) is 1.77. The lowest BCUT2D eigenvalue weighted by atomic mass is 9.84. The number of hydrogen-bond acceptors (Lipinski definition) is 3. The third-order valence-electron chi connectivity index (χ3n) is 3.05. The van der Waals surface area contributed by atoms with Crippen molar-refractivity contribution in [1.29, 1.82) is 0 Å². The Balaban J connectivity index is 2.20. The van der Waals surface area contributed by atoms with Crippen LogP contribution in [0.3, 0.4) is 0 Å². The Labute approximate surface area is 106 Å². The van der Waals surface area contributed by atoms with E-state index in [1.54, 1.807) is 6.26 Å². The van der Waals surface area contributed by atoms with Crippen molar-refractivity contribution in [3.05, 3.63) is 36.1 Å². The number of fused-ring (bicyclic) bond motifs is 1. The molecule has 0 amide bonds. The molecule has 0 unspecified atom stereocenters. The lowest BCUT2D eigenvalue weighted by molar-refractivity contribution is -0.136. The van der Waals surface area contributed by atoms with Gasteiger partial charge in [0.05, 0.1) is 12.8 Å². The molecule has 2 rings (SSSR count). The monoisotopic (exact) mass is 247 g/mol. The summed E-state index contributed by atoms with van der Waals surface area (Å²) in [6, 6.07) is 7.86. The number of carbonyl (C=O) groups is 1. The molecule has 0 aliphatic rings. The van der Waals surface area contributed by atoms with Crippen molar-refractivity contribution in [2.24, 2.45) is 0 Å². The van der Waals surface area contributed by atoms with E-state index < -0.39 is 5.97 Å². The highest BCUT2D eigenvalue weighted by Gasteiger charge is 2.24. The zero-order chi connectivity index (χ0) is 13.2. The molecule has 1 heterocycles. The predicted molar refractivity (Wildman–Crippen MR) is 69.7 cm³/mol. The van der Waals surface area contributed by atoms with Crippen LogP contribution < -0.4 is 5.32 Å². The topological polar surface area (TPSA) is 62.5 Å². The van der Waals surface area contributed by atoms with E-state index in [2.05, 4.69) is 19.2 Å². The van der Waals surface area contributed by atoms with Crippen LogP contribution in [0.15, 0.2) is 34.9 Å². The zero-order valence-electron chi connectivity index (χ0n) is 10.6. The molecule has 0 saturated heterocycles. The van der Waals surface area contributed by atoms with E-state index in [4.69, 9.17) is 9.52 Å². The summed E-state index contributed by atoms with van der Waals surface area (Å²) in [5, 5.41) is 12.7. The summed E-state index contributed by atoms with van der Waals surface area (Å²) in [6.45, 7) is 4.69. The van der Waals surface area contributed by atoms with Gasteiger partial charge in [0.2, 0.25) is 0 Å². The van der Waals surface area contributed by atoms with E-state index in [0.29, 0.717) is 6.54 Å². The highest BCUT2D eigenvalue weighted by atomic mass is 16.4. The fourth-order valence-electron chi connectivity index (χ4n) is 2.08.